The van der Waals surface area contributed by atoms with Crippen molar-refractivity contribution in [2.45, 2.75) is 26.3 Å². The maximum atomic E-state index is 12.9. The van der Waals surface area contributed by atoms with Gasteiger partial charge in [0.1, 0.15) is 16.9 Å². The minimum absolute atomic E-state index is 0.0661. The van der Waals surface area contributed by atoms with Gasteiger partial charge >= 0.3 is 5.63 Å². The van der Waals surface area contributed by atoms with Gasteiger partial charge in [-0.2, -0.15) is 0 Å². The van der Waals surface area contributed by atoms with Crippen LogP contribution in [-0.4, -0.2) is 44.2 Å². The molecule has 0 spiro atoms. The fourth-order valence-corrected chi connectivity index (χ4v) is 4.25. The molecule has 4 rings (SSSR count). The summed E-state index contributed by atoms with van der Waals surface area (Å²) >= 11 is 6.46. The van der Waals surface area contributed by atoms with E-state index in [0.29, 0.717) is 53.6 Å². The zero-order valence-electron chi connectivity index (χ0n) is 18.8. The van der Waals surface area contributed by atoms with E-state index in [1.165, 1.54) is 0 Å². The third-order valence-electron chi connectivity index (χ3n) is 5.74. The summed E-state index contributed by atoms with van der Waals surface area (Å²) < 4.78 is 16.4. The first-order valence-corrected chi connectivity index (χ1v) is 11.4. The molecule has 1 saturated heterocycles. The van der Waals surface area contributed by atoms with Gasteiger partial charge in [0.25, 0.3) is 5.91 Å². The molecule has 0 atom stereocenters. The van der Waals surface area contributed by atoms with E-state index in [-0.39, 0.29) is 5.56 Å². The molecule has 0 bridgehead atoms. The highest BCUT2D eigenvalue weighted by Crippen LogP contribution is 2.29. The van der Waals surface area contributed by atoms with E-state index in [0.717, 1.165) is 30.6 Å². The maximum absolute atomic E-state index is 12.9. The lowest BCUT2D eigenvalue weighted by Crippen LogP contribution is -2.35. The number of methoxy groups -OCH3 is 1. The third kappa shape index (κ3) is 5.21. The molecule has 1 aliphatic heterocycles. The first kappa shape index (κ1) is 23.3. The van der Waals surface area contributed by atoms with Crippen molar-refractivity contribution in [3.05, 3.63) is 68.5 Å². The number of amides is 1. The number of nitrogens with zero attached hydrogens (tertiary/aromatic N) is 1. The highest BCUT2D eigenvalue weighted by Gasteiger charge is 2.18. The van der Waals surface area contributed by atoms with Crippen molar-refractivity contribution in [1.82, 2.24) is 4.90 Å². The summed E-state index contributed by atoms with van der Waals surface area (Å²) in [5, 5.41) is 3.98. The summed E-state index contributed by atoms with van der Waals surface area (Å²) in [7, 11) is 1.58. The minimum atomic E-state index is -0.694. The predicted molar refractivity (Wildman–Crippen MR) is 129 cm³/mol. The number of carbonyl (C=O) groups is 1. The molecule has 3 aromatic rings. The molecule has 33 heavy (non-hydrogen) atoms. The Kier molecular flexibility index (Phi) is 7.33. The standard InChI is InChI=1S/C25H27ClN2O5/c1-3-4-19-22(31-2)8-6-16-13-20(25(30)33-23(16)19)24(29)27-18-7-5-17(21(26)14-18)15-28-9-11-32-12-10-28/h5-8,13-14H,3-4,9-12,15H2,1-2H3,(H,27,29). The summed E-state index contributed by atoms with van der Waals surface area (Å²) in [4.78, 5) is 27.8. The number of aryl methyl sites for hydroxylation is 1. The van der Waals surface area contributed by atoms with Crippen molar-refractivity contribution in [3.8, 4) is 5.75 Å². The summed E-state index contributed by atoms with van der Waals surface area (Å²) in [5.41, 5.74) is 2.00. The molecule has 8 heteroatoms. The van der Waals surface area contributed by atoms with E-state index in [2.05, 4.69) is 10.2 Å². The largest absolute Gasteiger partial charge is 0.496 e. The van der Waals surface area contributed by atoms with Crippen LogP contribution >= 0.6 is 11.6 Å². The van der Waals surface area contributed by atoms with Crippen molar-refractivity contribution < 1.29 is 18.7 Å². The smallest absolute Gasteiger partial charge is 0.349 e. The second-order valence-corrected chi connectivity index (χ2v) is 8.42. The van der Waals surface area contributed by atoms with Gasteiger partial charge in [-0.25, -0.2) is 4.79 Å². The van der Waals surface area contributed by atoms with Crippen molar-refractivity contribution in [2.24, 2.45) is 0 Å². The van der Waals surface area contributed by atoms with Crippen LogP contribution in [0, 0.1) is 0 Å². The molecule has 1 aromatic heterocycles. The summed E-state index contributed by atoms with van der Waals surface area (Å²) in [6, 6.07) is 10.5. The molecule has 1 N–H and O–H groups in total. The second-order valence-electron chi connectivity index (χ2n) is 8.01. The number of halogens is 1. The second kappa shape index (κ2) is 10.4. The molecule has 174 valence electrons. The molecule has 0 radical (unpaired) electrons. The summed E-state index contributed by atoms with van der Waals surface area (Å²) in [6.07, 6.45) is 1.56. The molecule has 2 aromatic carbocycles. The van der Waals surface area contributed by atoms with Gasteiger partial charge in [-0.3, -0.25) is 9.69 Å². The van der Waals surface area contributed by atoms with Crippen molar-refractivity contribution in [2.75, 3.05) is 38.7 Å². The molecule has 1 fully saturated rings. The van der Waals surface area contributed by atoms with Crippen LogP contribution in [0.3, 0.4) is 0 Å². The Balaban J connectivity index is 1.55. The molecule has 7 nitrogen and oxygen atoms in total. The van der Waals surface area contributed by atoms with E-state index >= 15 is 0 Å². The Labute approximate surface area is 197 Å². The number of anilines is 1. The molecule has 1 amide bonds. The topological polar surface area (TPSA) is 81.0 Å². The lowest BCUT2D eigenvalue weighted by molar-refractivity contribution is 0.0342. The quantitative estimate of drug-likeness (QED) is 0.512. The highest BCUT2D eigenvalue weighted by molar-refractivity contribution is 6.31. The predicted octanol–water partition coefficient (Wildman–Crippen LogP) is 4.49. The van der Waals surface area contributed by atoms with Crippen LogP contribution in [0.4, 0.5) is 5.69 Å². The summed E-state index contributed by atoms with van der Waals surface area (Å²) in [5.74, 6) is 0.118. The van der Waals surface area contributed by atoms with Crippen LogP contribution in [0.15, 0.2) is 45.6 Å². The molecular weight excluding hydrogens is 444 g/mol. The van der Waals surface area contributed by atoms with Crippen LogP contribution in [0.5, 0.6) is 5.75 Å². The van der Waals surface area contributed by atoms with Crippen LogP contribution in [0.25, 0.3) is 11.0 Å². The lowest BCUT2D eigenvalue weighted by Gasteiger charge is -2.27. The number of fused-ring (bicyclic) bond motifs is 1. The zero-order chi connectivity index (χ0) is 23.4. The Morgan fingerprint density at radius 3 is 2.67 bits per heavy atom. The average molecular weight is 471 g/mol. The van der Waals surface area contributed by atoms with Crippen molar-refractivity contribution in [1.29, 1.82) is 0 Å². The van der Waals surface area contributed by atoms with Crippen LogP contribution in [0.1, 0.15) is 34.8 Å². The monoisotopic (exact) mass is 470 g/mol. The number of hydrogen-bond acceptors (Lipinski definition) is 6. The number of hydrogen-bond donors (Lipinski definition) is 1. The Morgan fingerprint density at radius 2 is 1.97 bits per heavy atom. The average Bonchev–Trinajstić information content (AvgIpc) is 2.81. The van der Waals surface area contributed by atoms with Gasteiger partial charge in [0.15, 0.2) is 0 Å². The molecule has 1 aliphatic rings. The van der Waals surface area contributed by atoms with Gasteiger partial charge < -0.3 is 19.2 Å². The molecular formula is C25H27ClN2O5. The maximum Gasteiger partial charge on any atom is 0.349 e. The summed E-state index contributed by atoms with van der Waals surface area (Å²) in [6.45, 7) is 5.90. The van der Waals surface area contributed by atoms with E-state index in [9.17, 15) is 9.59 Å². The number of morpholine rings is 1. The number of rotatable bonds is 7. The number of benzene rings is 2. The zero-order valence-corrected chi connectivity index (χ0v) is 19.5. The molecule has 0 saturated carbocycles. The van der Waals surface area contributed by atoms with E-state index < -0.39 is 11.5 Å². The number of carbonyl (C=O) groups excluding carboxylic acids is 1. The van der Waals surface area contributed by atoms with Gasteiger partial charge in [-0.1, -0.05) is 31.0 Å². The number of nitrogens with one attached hydrogen (secondary N) is 1. The fraction of sp³-hybridized carbons (Fsp3) is 0.360. The van der Waals surface area contributed by atoms with Gasteiger partial charge in [0.05, 0.1) is 20.3 Å². The van der Waals surface area contributed by atoms with Crippen LogP contribution in [-0.2, 0) is 17.7 Å². The number of ether oxygens (including phenoxy) is 2. The first-order valence-electron chi connectivity index (χ1n) is 11.0. The third-order valence-corrected chi connectivity index (χ3v) is 6.09. The van der Waals surface area contributed by atoms with Crippen molar-refractivity contribution in [3.63, 3.8) is 0 Å². The molecule has 0 aliphatic carbocycles. The SMILES string of the molecule is CCCc1c(OC)ccc2cc(C(=O)Nc3ccc(CN4CCOCC4)c(Cl)c3)c(=O)oc12. The van der Waals surface area contributed by atoms with Gasteiger partial charge in [0.2, 0.25) is 0 Å². The van der Waals surface area contributed by atoms with Gasteiger partial charge in [-0.05, 0) is 42.3 Å². The fourth-order valence-electron chi connectivity index (χ4n) is 4.01. The van der Waals surface area contributed by atoms with E-state index in [1.54, 1.807) is 31.4 Å². The van der Waals surface area contributed by atoms with Crippen molar-refractivity contribution >= 4 is 34.2 Å². The van der Waals surface area contributed by atoms with Crippen LogP contribution < -0.4 is 15.7 Å². The Morgan fingerprint density at radius 1 is 1.18 bits per heavy atom. The lowest BCUT2D eigenvalue weighted by atomic mass is 10.0. The van der Waals surface area contributed by atoms with Gasteiger partial charge in [0, 0.05) is 41.3 Å². The Bertz CT molecular complexity index is 1220. The minimum Gasteiger partial charge on any atom is -0.496 e. The Hall–Kier alpha value is -2.87. The highest BCUT2D eigenvalue weighted by atomic mass is 35.5. The first-order chi connectivity index (χ1) is 16.0. The van der Waals surface area contributed by atoms with E-state index in [1.807, 2.05) is 19.1 Å². The van der Waals surface area contributed by atoms with Crippen LogP contribution in [0.2, 0.25) is 5.02 Å². The normalized spacial score (nSPS) is 14.4. The van der Waals surface area contributed by atoms with E-state index in [4.69, 9.17) is 25.5 Å². The van der Waals surface area contributed by atoms with Gasteiger partial charge in [-0.15, -0.1) is 0 Å². The molecule has 0 unspecified atom stereocenters. The molecule has 2 heterocycles.